The van der Waals surface area contributed by atoms with Gasteiger partial charge in [-0.05, 0) is 60.7 Å². The first kappa shape index (κ1) is 20.3. The van der Waals surface area contributed by atoms with E-state index in [1.54, 1.807) is 0 Å². The highest BCUT2D eigenvalue weighted by atomic mass is 16.5. The van der Waals surface area contributed by atoms with Gasteiger partial charge >= 0.3 is 17.9 Å². The molecule has 8 nitrogen and oxygen atoms in total. The number of benzene rings is 3. The summed E-state index contributed by atoms with van der Waals surface area (Å²) in [5, 5.41) is 27.2. The summed E-state index contributed by atoms with van der Waals surface area (Å²) in [7, 11) is 0. The molecule has 0 radical (unpaired) electrons. The van der Waals surface area contributed by atoms with Gasteiger partial charge in [-0.2, -0.15) is 0 Å². The summed E-state index contributed by atoms with van der Waals surface area (Å²) in [6.07, 6.45) is 0. The van der Waals surface area contributed by atoms with Crippen LogP contribution >= 0.6 is 0 Å². The SMILES string of the molecule is O=C(O)c1ccc(Oc2ccc(C(=O)c3ccc(C(=O)O)c(C(=O)O)c3)cc2)cc1. The van der Waals surface area contributed by atoms with Gasteiger partial charge in [0.15, 0.2) is 5.78 Å². The molecule has 0 aromatic heterocycles. The van der Waals surface area contributed by atoms with Gasteiger partial charge in [-0.3, -0.25) is 4.79 Å². The van der Waals surface area contributed by atoms with E-state index < -0.39 is 34.8 Å². The van der Waals surface area contributed by atoms with Gasteiger partial charge in [0, 0.05) is 11.1 Å². The third kappa shape index (κ3) is 4.33. The van der Waals surface area contributed by atoms with Gasteiger partial charge in [0.25, 0.3) is 0 Å². The number of carbonyl (C=O) groups is 4. The summed E-state index contributed by atoms with van der Waals surface area (Å²) < 4.78 is 5.60. The summed E-state index contributed by atoms with van der Waals surface area (Å²) in [5.41, 5.74) is -0.467. The van der Waals surface area contributed by atoms with Crippen LogP contribution in [0.15, 0.2) is 66.7 Å². The van der Waals surface area contributed by atoms with Gasteiger partial charge in [0.1, 0.15) is 11.5 Å². The normalized spacial score (nSPS) is 10.3. The zero-order chi connectivity index (χ0) is 21.8. The molecular weight excluding hydrogens is 392 g/mol. The molecule has 8 heteroatoms. The van der Waals surface area contributed by atoms with Crippen LogP contribution in [0.2, 0.25) is 0 Å². The van der Waals surface area contributed by atoms with E-state index in [1.807, 2.05) is 0 Å². The van der Waals surface area contributed by atoms with E-state index in [4.69, 9.17) is 14.9 Å². The molecule has 0 unspecified atom stereocenters. The van der Waals surface area contributed by atoms with Gasteiger partial charge in [-0.15, -0.1) is 0 Å². The van der Waals surface area contributed by atoms with Crippen molar-refractivity contribution in [1.82, 2.24) is 0 Å². The lowest BCUT2D eigenvalue weighted by Crippen LogP contribution is -2.11. The predicted molar refractivity (Wildman–Crippen MR) is 104 cm³/mol. The molecule has 0 atom stereocenters. The Morgan fingerprint density at radius 3 is 1.47 bits per heavy atom. The van der Waals surface area contributed by atoms with Crippen molar-refractivity contribution in [2.75, 3.05) is 0 Å². The molecule has 0 amide bonds. The third-order valence-corrected chi connectivity index (χ3v) is 4.20. The van der Waals surface area contributed by atoms with Gasteiger partial charge < -0.3 is 20.1 Å². The Balaban J connectivity index is 1.79. The van der Waals surface area contributed by atoms with E-state index >= 15 is 0 Å². The average molecular weight is 406 g/mol. The zero-order valence-electron chi connectivity index (χ0n) is 15.2. The van der Waals surface area contributed by atoms with Crippen molar-refractivity contribution >= 4 is 23.7 Å². The Labute approximate surface area is 169 Å². The van der Waals surface area contributed by atoms with Crippen LogP contribution in [0.25, 0.3) is 0 Å². The van der Waals surface area contributed by atoms with Crippen LogP contribution in [0.1, 0.15) is 47.0 Å². The molecule has 0 aliphatic carbocycles. The summed E-state index contributed by atoms with van der Waals surface area (Å²) in [6.45, 7) is 0. The lowest BCUT2D eigenvalue weighted by molar-refractivity contribution is 0.0651. The van der Waals surface area contributed by atoms with E-state index in [-0.39, 0.29) is 16.7 Å². The van der Waals surface area contributed by atoms with Crippen LogP contribution < -0.4 is 4.74 Å². The molecule has 0 saturated heterocycles. The van der Waals surface area contributed by atoms with Crippen LogP contribution in [0.4, 0.5) is 0 Å². The van der Waals surface area contributed by atoms with E-state index in [2.05, 4.69) is 0 Å². The second-order valence-electron chi connectivity index (χ2n) is 6.16. The van der Waals surface area contributed by atoms with Crippen LogP contribution in [0, 0.1) is 0 Å². The molecule has 3 aromatic carbocycles. The summed E-state index contributed by atoms with van der Waals surface area (Å²) >= 11 is 0. The molecule has 3 rings (SSSR count). The third-order valence-electron chi connectivity index (χ3n) is 4.20. The van der Waals surface area contributed by atoms with Crippen molar-refractivity contribution in [1.29, 1.82) is 0 Å². The largest absolute Gasteiger partial charge is 0.478 e. The molecule has 3 aromatic rings. The van der Waals surface area contributed by atoms with Crippen molar-refractivity contribution in [3.63, 3.8) is 0 Å². The summed E-state index contributed by atoms with van der Waals surface area (Å²) in [4.78, 5) is 45.9. The topological polar surface area (TPSA) is 138 Å². The van der Waals surface area contributed by atoms with Crippen molar-refractivity contribution in [3.05, 3.63) is 94.5 Å². The minimum atomic E-state index is -1.44. The first-order chi connectivity index (χ1) is 14.3. The minimum Gasteiger partial charge on any atom is -0.478 e. The smallest absolute Gasteiger partial charge is 0.336 e. The second-order valence-corrected chi connectivity index (χ2v) is 6.16. The number of hydrogen-bond donors (Lipinski definition) is 3. The van der Waals surface area contributed by atoms with Crippen molar-refractivity contribution in [2.24, 2.45) is 0 Å². The van der Waals surface area contributed by atoms with Crippen LogP contribution in [0.3, 0.4) is 0 Å². The number of hydrogen-bond acceptors (Lipinski definition) is 5. The predicted octanol–water partition coefficient (Wildman–Crippen LogP) is 3.80. The molecule has 30 heavy (non-hydrogen) atoms. The number of carboxylic acid groups (broad SMARTS) is 3. The minimum absolute atomic E-state index is 0.0373. The highest BCUT2D eigenvalue weighted by Crippen LogP contribution is 2.23. The van der Waals surface area contributed by atoms with E-state index in [9.17, 15) is 24.3 Å². The van der Waals surface area contributed by atoms with Crippen LogP contribution in [0.5, 0.6) is 11.5 Å². The Hall–Kier alpha value is -4.46. The second kappa shape index (κ2) is 8.27. The average Bonchev–Trinajstić information content (AvgIpc) is 2.73. The van der Waals surface area contributed by atoms with E-state index in [0.29, 0.717) is 11.5 Å². The molecule has 0 heterocycles. The number of ether oxygens (including phenoxy) is 1. The molecule has 0 spiro atoms. The first-order valence-electron chi connectivity index (χ1n) is 8.53. The zero-order valence-corrected chi connectivity index (χ0v) is 15.2. The molecule has 0 saturated carbocycles. The van der Waals surface area contributed by atoms with Gasteiger partial charge in [-0.25, -0.2) is 14.4 Å². The Morgan fingerprint density at radius 1 is 0.533 bits per heavy atom. The maximum Gasteiger partial charge on any atom is 0.336 e. The maximum atomic E-state index is 12.6. The number of carboxylic acids is 3. The molecule has 0 aliphatic heterocycles. The molecule has 0 bridgehead atoms. The number of carbonyl (C=O) groups excluding carboxylic acids is 1. The molecule has 0 aliphatic rings. The fraction of sp³-hybridized carbons (Fsp3) is 0. The highest BCUT2D eigenvalue weighted by molar-refractivity contribution is 6.11. The quantitative estimate of drug-likeness (QED) is 0.504. The fourth-order valence-corrected chi connectivity index (χ4v) is 2.69. The standard InChI is InChI=1S/C22H14O8/c23-19(14-5-10-17(21(26)27)18(11-14)22(28)29)12-1-6-15(7-2-12)30-16-8-3-13(4-9-16)20(24)25/h1-11H,(H,24,25)(H,26,27)(H,28,29). The monoisotopic (exact) mass is 406 g/mol. The summed E-state index contributed by atoms with van der Waals surface area (Å²) in [6, 6.07) is 15.2. The number of ketones is 1. The van der Waals surface area contributed by atoms with Gasteiger partial charge in [0.2, 0.25) is 0 Å². The van der Waals surface area contributed by atoms with Crippen LogP contribution in [-0.4, -0.2) is 39.0 Å². The van der Waals surface area contributed by atoms with E-state index in [1.165, 1.54) is 54.6 Å². The van der Waals surface area contributed by atoms with Gasteiger partial charge in [0.05, 0.1) is 16.7 Å². The van der Waals surface area contributed by atoms with E-state index in [0.717, 1.165) is 12.1 Å². The van der Waals surface area contributed by atoms with Crippen molar-refractivity contribution < 1.29 is 39.2 Å². The molecular formula is C22H14O8. The highest BCUT2D eigenvalue weighted by Gasteiger charge is 2.19. The fourth-order valence-electron chi connectivity index (χ4n) is 2.69. The number of rotatable bonds is 7. The van der Waals surface area contributed by atoms with Crippen LogP contribution in [-0.2, 0) is 0 Å². The lowest BCUT2D eigenvalue weighted by atomic mass is 9.98. The lowest BCUT2D eigenvalue weighted by Gasteiger charge is -2.08. The Morgan fingerprint density at radius 2 is 1.00 bits per heavy atom. The first-order valence-corrected chi connectivity index (χ1v) is 8.53. The Kier molecular flexibility index (Phi) is 5.59. The number of aromatic carboxylic acids is 3. The van der Waals surface area contributed by atoms with Crippen molar-refractivity contribution in [2.45, 2.75) is 0 Å². The summed E-state index contributed by atoms with van der Waals surface area (Å²) in [5.74, 6) is -3.56. The Bertz CT molecular complexity index is 1140. The molecule has 0 fully saturated rings. The molecule has 150 valence electrons. The maximum absolute atomic E-state index is 12.6. The van der Waals surface area contributed by atoms with Gasteiger partial charge in [-0.1, -0.05) is 6.07 Å². The molecule has 3 N–H and O–H groups in total. The van der Waals surface area contributed by atoms with Crippen molar-refractivity contribution in [3.8, 4) is 11.5 Å².